The van der Waals surface area contributed by atoms with Crippen molar-refractivity contribution in [3.63, 3.8) is 0 Å². The van der Waals surface area contributed by atoms with Crippen LogP contribution in [0.5, 0.6) is 0 Å². The van der Waals surface area contributed by atoms with Crippen molar-refractivity contribution in [2.45, 2.75) is 39.3 Å². The van der Waals surface area contributed by atoms with Crippen molar-refractivity contribution >= 4 is 0 Å². The maximum atomic E-state index is 5.66. The summed E-state index contributed by atoms with van der Waals surface area (Å²) in [5, 5.41) is 0. The molecule has 3 heteroatoms. The number of hydrogen-bond donors (Lipinski definition) is 1. The Morgan fingerprint density at radius 1 is 1.50 bits per heavy atom. The van der Waals surface area contributed by atoms with Gasteiger partial charge < -0.3 is 10.3 Å². The molecule has 68 valence electrons. The fourth-order valence-electron chi connectivity index (χ4n) is 1.10. The molecule has 0 spiro atoms. The minimum atomic E-state index is 0.195. The molecule has 1 aromatic heterocycles. The quantitative estimate of drug-likeness (QED) is 0.738. The van der Waals surface area contributed by atoms with Gasteiger partial charge in [-0.2, -0.15) is 0 Å². The van der Waals surface area contributed by atoms with E-state index in [1.807, 2.05) is 13.3 Å². The molecule has 0 bridgehead atoms. The van der Waals surface area contributed by atoms with Crippen LogP contribution in [0.4, 0.5) is 0 Å². The Bertz CT molecular complexity index is 238. The molecule has 0 radical (unpaired) electrons. The van der Waals surface area contributed by atoms with Gasteiger partial charge in [0.1, 0.15) is 0 Å². The molecule has 1 unspecified atom stereocenters. The van der Waals surface area contributed by atoms with Crippen LogP contribution in [0.2, 0.25) is 0 Å². The van der Waals surface area contributed by atoms with Crippen LogP contribution in [0.3, 0.4) is 0 Å². The minimum absolute atomic E-state index is 0.195. The summed E-state index contributed by atoms with van der Waals surface area (Å²) in [5.74, 6) is 0. The Balaban J connectivity index is 2.64. The topological polar surface area (TPSA) is 43.8 Å². The number of nitrogens with zero attached hydrogens (tertiary/aromatic N) is 2. The molecule has 0 amide bonds. The summed E-state index contributed by atoms with van der Waals surface area (Å²) >= 11 is 0. The summed E-state index contributed by atoms with van der Waals surface area (Å²) in [7, 11) is 0. The number of imidazole rings is 1. The SMILES string of the molecule is CC(N)Cc1cn(C(C)C)cn1. The summed E-state index contributed by atoms with van der Waals surface area (Å²) < 4.78 is 2.09. The lowest BCUT2D eigenvalue weighted by Gasteiger charge is -2.04. The van der Waals surface area contributed by atoms with Crippen molar-refractivity contribution in [1.82, 2.24) is 9.55 Å². The Morgan fingerprint density at radius 3 is 2.58 bits per heavy atom. The van der Waals surface area contributed by atoms with E-state index in [1.54, 1.807) is 0 Å². The maximum absolute atomic E-state index is 5.66. The molecular weight excluding hydrogens is 150 g/mol. The van der Waals surface area contributed by atoms with Gasteiger partial charge in [-0.3, -0.25) is 0 Å². The van der Waals surface area contributed by atoms with E-state index in [0.717, 1.165) is 12.1 Å². The highest BCUT2D eigenvalue weighted by Gasteiger charge is 2.03. The summed E-state index contributed by atoms with van der Waals surface area (Å²) in [6.45, 7) is 6.27. The fourth-order valence-corrected chi connectivity index (χ4v) is 1.10. The molecular formula is C9H17N3. The molecule has 0 aromatic carbocycles. The summed E-state index contributed by atoms with van der Waals surface area (Å²) in [5.41, 5.74) is 6.74. The van der Waals surface area contributed by atoms with Gasteiger partial charge in [0.25, 0.3) is 0 Å². The molecule has 0 aliphatic rings. The first kappa shape index (κ1) is 9.26. The second kappa shape index (κ2) is 3.72. The third-order valence-corrected chi connectivity index (χ3v) is 1.78. The largest absolute Gasteiger partial charge is 0.335 e. The van der Waals surface area contributed by atoms with Gasteiger partial charge in [-0.25, -0.2) is 4.98 Å². The average Bonchev–Trinajstić information content (AvgIpc) is 2.34. The summed E-state index contributed by atoms with van der Waals surface area (Å²) in [6, 6.07) is 0.680. The molecule has 0 aliphatic heterocycles. The smallest absolute Gasteiger partial charge is 0.0951 e. The second-order valence-electron chi connectivity index (χ2n) is 3.59. The molecule has 0 aliphatic carbocycles. The molecule has 3 nitrogen and oxygen atoms in total. The zero-order valence-corrected chi connectivity index (χ0v) is 7.99. The normalized spacial score (nSPS) is 13.8. The van der Waals surface area contributed by atoms with E-state index < -0.39 is 0 Å². The molecule has 0 saturated heterocycles. The highest BCUT2D eigenvalue weighted by atomic mass is 15.1. The van der Waals surface area contributed by atoms with Crippen LogP contribution in [0, 0.1) is 0 Å². The van der Waals surface area contributed by atoms with Crippen molar-refractivity contribution in [2.75, 3.05) is 0 Å². The van der Waals surface area contributed by atoms with E-state index in [4.69, 9.17) is 5.73 Å². The monoisotopic (exact) mass is 167 g/mol. The van der Waals surface area contributed by atoms with E-state index in [2.05, 4.69) is 29.6 Å². The van der Waals surface area contributed by atoms with Gasteiger partial charge in [0, 0.05) is 24.7 Å². The highest BCUT2D eigenvalue weighted by Crippen LogP contribution is 2.06. The molecule has 1 rings (SSSR count). The van der Waals surface area contributed by atoms with Crippen molar-refractivity contribution < 1.29 is 0 Å². The first-order chi connectivity index (χ1) is 5.59. The number of rotatable bonds is 3. The van der Waals surface area contributed by atoms with Crippen LogP contribution in [-0.4, -0.2) is 15.6 Å². The lowest BCUT2D eigenvalue weighted by Crippen LogP contribution is -2.17. The van der Waals surface area contributed by atoms with Gasteiger partial charge in [0.15, 0.2) is 0 Å². The van der Waals surface area contributed by atoms with Crippen LogP contribution in [0.25, 0.3) is 0 Å². The van der Waals surface area contributed by atoms with Crippen LogP contribution >= 0.6 is 0 Å². The summed E-state index contributed by atoms with van der Waals surface area (Å²) in [6.07, 6.45) is 4.79. The Hall–Kier alpha value is -0.830. The second-order valence-corrected chi connectivity index (χ2v) is 3.59. The third-order valence-electron chi connectivity index (χ3n) is 1.78. The van der Waals surface area contributed by atoms with Crippen molar-refractivity contribution in [1.29, 1.82) is 0 Å². The highest BCUT2D eigenvalue weighted by molar-refractivity contribution is 4.99. The number of nitrogens with two attached hydrogens (primary N) is 1. The van der Waals surface area contributed by atoms with Gasteiger partial charge in [0.2, 0.25) is 0 Å². The average molecular weight is 167 g/mol. The third kappa shape index (κ3) is 2.34. The molecule has 1 aromatic rings. The lowest BCUT2D eigenvalue weighted by atomic mass is 10.2. The van der Waals surface area contributed by atoms with Gasteiger partial charge >= 0.3 is 0 Å². The molecule has 2 N–H and O–H groups in total. The van der Waals surface area contributed by atoms with Crippen LogP contribution in [0.1, 0.15) is 32.5 Å². The van der Waals surface area contributed by atoms with E-state index >= 15 is 0 Å². The number of hydrogen-bond acceptors (Lipinski definition) is 2. The first-order valence-electron chi connectivity index (χ1n) is 4.37. The zero-order valence-electron chi connectivity index (χ0n) is 7.99. The van der Waals surface area contributed by atoms with E-state index in [0.29, 0.717) is 6.04 Å². The van der Waals surface area contributed by atoms with Crippen LogP contribution < -0.4 is 5.73 Å². The van der Waals surface area contributed by atoms with E-state index in [9.17, 15) is 0 Å². The van der Waals surface area contributed by atoms with E-state index in [-0.39, 0.29) is 6.04 Å². The summed E-state index contributed by atoms with van der Waals surface area (Å²) in [4.78, 5) is 4.26. The van der Waals surface area contributed by atoms with Gasteiger partial charge in [-0.05, 0) is 20.8 Å². The fraction of sp³-hybridized carbons (Fsp3) is 0.667. The van der Waals surface area contributed by atoms with Crippen molar-refractivity contribution in [2.24, 2.45) is 5.73 Å². The predicted molar refractivity (Wildman–Crippen MR) is 50.0 cm³/mol. The minimum Gasteiger partial charge on any atom is -0.335 e. The van der Waals surface area contributed by atoms with Crippen molar-refractivity contribution in [3.8, 4) is 0 Å². The molecule has 0 fully saturated rings. The zero-order chi connectivity index (χ0) is 9.14. The molecule has 12 heavy (non-hydrogen) atoms. The van der Waals surface area contributed by atoms with Gasteiger partial charge in [-0.1, -0.05) is 0 Å². The van der Waals surface area contributed by atoms with E-state index in [1.165, 1.54) is 0 Å². The van der Waals surface area contributed by atoms with Gasteiger partial charge in [0.05, 0.1) is 12.0 Å². The molecule has 1 atom stereocenters. The van der Waals surface area contributed by atoms with Crippen LogP contribution in [0.15, 0.2) is 12.5 Å². The Labute approximate surface area is 73.6 Å². The van der Waals surface area contributed by atoms with Crippen molar-refractivity contribution in [3.05, 3.63) is 18.2 Å². The Kier molecular flexibility index (Phi) is 2.87. The molecule has 0 saturated carbocycles. The predicted octanol–water partition coefficient (Wildman–Crippen LogP) is 1.35. The first-order valence-corrected chi connectivity index (χ1v) is 4.37. The lowest BCUT2D eigenvalue weighted by molar-refractivity contribution is 0.598. The number of aromatic nitrogens is 2. The maximum Gasteiger partial charge on any atom is 0.0951 e. The van der Waals surface area contributed by atoms with Gasteiger partial charge in [-0.15, -0.1) is 0 Å². The molecule has 1 heterocycles. The van der Waals surface area contributed by atoms with Crippen LogP contribution in [-0.2, 0) is 6.42 Å². The standard InChI is InChI=1S/C9H17N3/c1-7(2)12-5-9(11-6-12)4-8(3)10/h5-8H,4,10H2,1-3H3. The Morgan fingerprint density at radius 2 is 2.17 bits per heavy atom.